The van der Waals surface area contributed by atoms with Crippen LogP contribution in [0.1, 0.15) is 37.4 Å². The van der Waals surface area contributed by atoms with Gasteiger partial charge in [0.15, 0.2) is 0 Å². The lowest BCUT2D eigenvalue weighted by Crippen LogP contribution is -2.19. The molecule has 0 bridgehead atoms. The number of hydrogen-bond acceptors (Lipinski definition) is 3. The minimum Gasteiger partial charge on any atom is -0.310 e. The van der Waals surface area contributed by atoms with Crippen molar-refractivity contribution in [1.82, 2.24) is 5.32 Å². The van der Waals surface area contributed by atoms with E-state index in [-0.39, 0.29) is 0 Å². The monoisotopic (exact) mass is 291 g/mol. The molecule has 0 aliphatic rings. The maximum absolute atomic E-state index is 3.54. The molecule has 1 aromatic carbocycles. The quantitative estimate of drug-likeness (QED) is 0.712. The molecule has 1 heterocycles. The lowest BCUT2D eigenvalue weighted by atomic mass is 10.1. The van der Waals surface area contributed by atoms with Crippen LogP contribution in [0.5, 0.6) is 0 Å². The predicted molar refractivity (Wildman–Crippen MR) is 87.0 cm³/mol. The zero-order valence-corrected chi connectivity index (χ0v) is 13.2. The van der Waals surface area contributed by atoms with Crippen molar-refractivity contribution in [2.24, 2.45) is 0 Å². The first-order valence-electron chi connectivity index (χ1n) is 6.77. The van der Waals surface area contributed by atoms with Crippen LogP contribution in [0.4, 0.5) is 0 Å². The van der Waals surface area contributed by atoms with Gasteiger partial charge in [-0.25, -0.2) is 0 Å². The topological polar surface area (TPSA) is 12.0 Å². The van der Waals surface area contributed by atoms with Gasteiger partial charge in [0.05, 0.1) is 0 Å². The Balaban J connectivity index is 1.94. The van der Waals surface area contributed by atoms with E-state index in [9.17, 15) is 0 Å². The molecule has 0 saturated heterocycles. The van der Waals surface area contributed by atoms with Crippen LogP contribution in [0.25, 0.3) is 0 Å². The van der Waals surface area contributed by atoms with Gasteiger partial charge >= 0.3 is 0 Å². The van der Waals surface area contributed by atoms with Crippen molar-refractivity contribution in [3.8, 4) is 0 Å². The Bertz CT molecular complexity index is 479. The number of rotatable bonds is 7. The van der Waals surface area contributed by atoms with Crippen molar-refractivity contribution in [2.45, 2.75) is 37.0 Å². The standard InChI is InChI=1S/C16H21NS2/c1-3-8-17-13(2)15-5-4-6-16(10-15)19-12-14-7-9-18-11-14/h4-7,9-11,13,17H,3,8,12H2,1-2H3. The maximum atomic E-state index is 3.54. The van der Waals surface area contributed by atoms with E-state index in [4.69, 9.17) is 0 Å². The van der Waals surface area contributed by atoms with Gasteiger partial charge in [0.25, 0.3) is 0 Å². The lowest BCUT2D eigenvalue weighted by molar-refractivity contribution is 0.570. The van der Waals surface area contributed by atoms with Gasteiger partial charge in [-0.15, -0.1) is 11.8 Å². The highest BCUT2D eigenvalue weighted by Gasteiger charge is 2.05. The number of thioether (sulfide) groups is 1. The molecule has 0 saturated carbocycles. The molecule has 1 nitrogen and oxygen atoms in total. The van der Waals surface area contributed by atoms with Crippen LogP contribution in [0.15, 0.2) is 46.0 Å². The fraction of sp³-hybridized carbons (Fsp3) is 0.375. The molecule has 0 aliphatic heterocycles. The van der Waals surface area contributed by atoms with Crippen molar-refractivity contribution < 1.29 is 0 Å². The van der Waals surface area contributed by atoms with Gasteiger partial charge in [-0.2, -0.15) is 11.3 Å². The lowest BCUT2D eigenvalue weighted by Gasteiger charge is -2.14. The summed E-state index contributed by atoms with van der Waals surface area (Å²) in [6.07, 6.45) is 1.18. The summed E-state index contributed by atoms with van der Waals surface area (Å²) in [5.74, 6) is 1.06. The summed E-state index contributed by atoms with van der Waals surface area (Å²) in [5.41, 5.74) is 2.79. The number of thiophene rings is 1. The second-order valence-electron chi connectivity index (χ2n) is 4.67. The van der Waals surface area contributed by atoms with Crippen LogP contribution in [-0.2, 0) is 5.75 Å². The van der Waals surface area contributed by atoms with Crippen LogP contribution < -0.4 is 5.32 Å². The van der Waals surface area contributed by atoms with E-state index in [2.05, 4.69) is 60.3 Å². The van der Waals surface area contributed by atoms with E-state index in [0.29, 0.717) is 6.04 Å². The van der Waals surface area contributed by atoms with E-state index in [0.717, 1.165) is 12.3 Å². The molecule has 1 unspecified atom stereocenters. The Morgan fingerprint density at radius 1 is 1.32 bits per heavy atom. The molecule has 0 amide bonds. The summed E-state index contributed by atoms with van der Waals surface area (Å²) in [4.78, 5) is 1.36. The van der Waals surface area contributed by atoms with Crippen molar-refractivity contribution in [1.29, 1.82) is 0 Å². The summed E-state index contributed by atoms with van der Waals surface area (Å²) in [6.45, 7) is 5.51. The van der Waals surface area contributed by atoms with Crippen molar-refractivity contribution >= 4 is 23.1 Å². The molecule has 19 heavy (non-hydrogen) atoms. The molecular formula is C16H21NS2. The van der Waals surface area contributed by atoms with E-state index in [1.807, 2.05) is 11.8 Å². The van der Waals surface area contributed by atoms with Crippen LogP contribution >= 0.6 is 23.1 Å². The van der Waals surface area contributed by atoms with Gasteiger partial charge in [0.1, 0.15) is 0 Å². The van der Waals surface area contributed by atoms with Gasteiger partial charge < -0.3 is 5.32 Å². The third-order valence-corrected chi connectivity index (χ3v) is 4.84. The third kappa shape index (κ3) is 4.68. The Labute approximate surface area is 124 Å². The highest BCUT2D eigenvalue weighted by Crippen LogP contribution is 2.26. The summed E-state index contributed by atoms with van der Waals surface area (Å²) in [5, 5.41) is 7.90. The average molecular weight is 291 g/mol. The van der Waals surface area contributed by atoms with Crippen LogP contribution in [0, 0.1) is 0 Å². The van der Waals surface area contributed by atoms with Crippen LogP contribution in [0.2, 0.25) is 0 Å². The fourth-order valence-electron chi connectivity index (χ4n) is 1.89. The summed E-state index contributed by atoms with van der Waals surface area (Å²) in [7, 11) is 0. The van der Waals surface area contributed by atoms with Gasteiger partial charge in [-0.3, -0.25) is 0 Å². The molecule has 2 rings (SSSR count). The zero-order chi connectivity index (χ0) is 13.5. The maximum Gasteiger partial charge on any atom is 0.0292 e. The Morgan fingerprint density at radius 2 is 2.21 bits per heavy atom. The fourth-order valence-corrected chi connectivity index (χ4v) is 3.58. The van der Waals surface area contributed by atoms with Crippen molar-refractivity contribution in [3.05, 3.63) is 52.2 Å². The van der Waals surface area contributed by atoms with Gasteiger partial charge in [-0.1, -0.05) is 19.1 Å². The molecule has 0 aliphatic carbocycles. The van der Waals surface area contributed by atoms with E-state index < -0.39 is 0 Å². The first-order valence-corrected chi connectivity index (χ1v) is 8.69. The first-order chi connectivity index (χ1) is 9.29. The number of hydrogen-bond donors (Lipinski definition) is 1. The highest BCUT2D eigenvalue weighted by molar-refractivity contribution is 7.98. The molecule has 102 valence electrons. The molecular weight excluding hydrogens is 270 g/mol. The largest absolute Gasteiger partial charge is 0.310 e. The molecule has 2 aromatic rings. The van der Waals surface area contributed by atoms with Crippen molar-refractivity contribution in [3.63, 3.8) is 0 Å². The van der Waals surface area contributed by atoms with Crippen molar-refractivity contribution in [2.75, 3.05) is 6.54 Å². The van der Waals surface area contributed by atoms with Gasteiger partial charge in [0, 0.05) is 16.7 Å². The first kappa shape index (κ1) is 14.6. The minimum absolute atomic E-state index is 0.432. The summed E-state index contributed by atoms with van der Waals surface area (Å²) in [6, 6.07) is 11.5. The average Bonchev–Trinajstić information content (AvgIpc) is 2.96. The molecule has 0 radical (unpaired) electrons. The summed E-state index contributed by atoms with van der Waals surface area (Å²) >= 11 is 3.68. The number of benzene rings is 1. The molecule has 1 atom stereocenters. The third-order valence-electron chi connectivity index (χ3n) is 3.04. The Hall–Kier alpha value is -0.770. The molecule has 3 heteroatoms. The smallest absolute Gasteiger partial charge is 0.0292 e. The predicted octanol–water partition coefficient (Wildman–Crippen LogP) is 5.10. The second kappa shape index (κ2) is 7.73. The van der Waals surface area contributed by atoms with Crippen LogP contribution in [-0.4, -0.2) is 6.54 Å². The van der Waals surface area contributed by atoms with Gasteiger partial charge in [-0.05, 0) is 60.0 Å². The Morgan fingerprint density at radius 3 is 2.95 bits per heavy atom. The Kier molecular flexibility index (Phi) is 5.95. The van der Waals surface area contributed by atoms with E-state index >= 15 is 0 Å². The summed E-state index contributed by atoms with van der Waals surface area (Å²) < 4.78 is 0. The zero-order valence-electron chi connectivity index (χ0n) is 11.6. The van der Waals surface area contributed by atoms with E-state index in [1.165, 1.54) is 22.4 Å². The second-order valence-corrected chi connectivity index (χ2v) is 6.50. The molecule has 0 fully saturated rings. The highest BCUT2D eigenvalue weighted by atomic mass is 32.2. The number of nitrogens with one attached hydrogen (secondary N) is 1. The minimum atomic E-state index is 0.432. The molecule has 1 aromatic heterocycles. The van der Waals surface area contributed by atoms with Gasteiger partial charge in [0.2, 0.25) is 0 Å². The SMILES string of the molecule is CCCNC(C)c1cccc(SCc2ccsc2)c1. The normalized spacial score (nSPS) is 12.5. The van der Waals surface area contributed by atoms with Crippen LogP contribution in [0.3, 0.4) is 0 Å². The van der Waals surface area contributed by atoms with E-state index in [1.54, 1.807) is 11.3 Å². The molecule has 1 N–H and O–H groups in total. The molecule has 0 spiro atoms.